The van der Waals surface area contributed by atoms with Gasteiger partial charge in [-0.05, 0) is 6.42 Å². The van der Waals surface area contributed by atoms with Crippen molar-refractivity contribution in [1.82, 2.24) is 31.2 Å². The third-order valence-corrected chi connectivity index (χ3v) is 6.76. The number of H-pyrrole nitrogens is 1. The third kappa shape index (κ3) is 22.2. The van der Waals surface area contributed by atoms with Crippen molar-refractivity contribution in [3.8, 4) is 0 Å². The van der Waals surface area contributed by atoms with Gasteiger partial charge in [-0.3, -0.25) is 19.2 Å². The third-order valence-electron chi connectivity index (χ3n) is 6.76. The molecule has 0 aliphatic rings. The van der Waals surface area contributed by atoms with Crippen molar-refractivity contribution >= 4 is 23.6 Å². The SMILES string of the molecule is CCCCCCCCCCCCCC(=O)NCCOCCOCCNC(=O)[C@H](Cc1cnc[nH]1)NC(=O)CNC(=O)CN. The van der Waals surface area contributed by atoms with Gasteiger partial charge in [0.2, 0.25) is 23.6 Å². The molecule has 0 saturated carbocycles. The monoisotopic (exact) mass is 609 g/mol. The number of nitrogens with one attached hydrogen (secondary N) is 5. The predicted molar refractivity (Wildman–Crippen MR) is 165 cm³/mol. The number of carbonyl (C=O) groups excluding carboxylic acids is 4. The largest absolute Gasteiger partial charge is 0.377 e. The molecule has 13 heteroatoms. The van der Waals surface area contributed by atoms with Gasteiger partial charge < -0.3 is 41.5 Å². The molecular formula is C30H55N7O6. The van der Waals surface area contributed by atoms with Gasteiger partial charge in [0.1, 0.15) is 6.04 Å². The van der Waals surface area contributed by atoms with E-state index in [9.17, 15) is 19.2 Å². The molecule has 4 amide bonds. The summed E-state index contributed by atoms with van der Waals surface area (Å²) in [5.41, 5.74) is 5.89. The summed E-state index contributed by atoms with van der Waals surface area (Å²) in [6.07, 6.45) is 17.7. The van der Waals surface area contributed by atoms with E-state index in [1.165, 1.54) is 64.1 Å². The predicted octanol–water partition coefficient (Wildman–Crippen LogP) is 1.48. The van der Waals surface area contributed by atoms with E-state index in [4.69, 9.17) is 15.2 Å². The normalized spacial score (nSPS) is 11.6. The van der Waals surface area contributed by atoms with E-state index in [1.54, 1.807) is 6.20 Å². The number of nitrogens with two attached hydrogens (primary N) is 1. The fourth-order valence-corrected chi connectivity index (χ4v) is 4.31. The molecule has 0 aromatic carbocycles. The highest BCUT2D eigenvalue weighted by atomic mass is 16.5. The van der Waals surface area contributed by atoms with Gasteiger partial charge in [0.15, 0.2) is 0 Å². The highest BCUT2D eigenvalue weighted by Gasteiger charge is 2.21. The maximum absolute atomic E-state index is 12.7. The first kappa shape index (κ1) is 38.0. The Kier molecular flexibility index (Phi) is 23.5. The number of carbonyl (C=O) groups is 4. The lowest BCUT2D eigenvalue weighted by atomic mass is 10.1. The number of aromatic amines is 1. The van der Waals surface area contributed by atoms with Gasteiger partial charge in [-0.1, -0.05) is 71.1 Å². The zero-order chi connectivity index (χ0) is 31.4. The Bertz CT molecular complexity index is 869. The first-order chi connectivity index (χ1) is 21.0. The van der Waals surface area contributed by atoms with E-state index in [0.717, 1.165) is 12.8 Å². The molecule has 0 radical (unpaired) electrons. The Balaban J connectivity index is 2.02. The number of hydrogen-bond acceptors (Lipinski definition) is 8. The van der Waals surface area contributed by atoms with Crippen LogP contribution in [0, 0.1) is 0 Å². The minimum Gasteiger partial charge on any atom is -0.377 e. The average molecular weight is 610 g/mol. The van der Waals surface area contributed by atoms with Crippen LogP contribution < -0.4 is 27.0 Å². The molecule has 0 aliphatic carbocycles. The highest BCUT2D eigenvalue weighted by molar-refractivity contribution is 5.90. The van der Waals surface area contributed by atoms with Crippen LogP contribution in [0.5, 0.6) is 0 Å². The summed E-state index contributed by atoms with van der Waals surface area (Å²) < 4.78 is 11.0. The maximum Gasteiger partial charge on any atom is 0.243 e. The van der Waals surface area contributed by atoms with Crippen LogP contribution in [0.15, 0.2) is 12.5 Å². The Morgan fingerprint density at radius 3 is 1.98 bits per heavy atom. The smallest absolute Gasteiger partial charge is 0.243 e. The van der Waals surface area contributed by atoms with Crippen molar-refractivity contribution in [2.45, 2.75) is 96.4 Å². The van der Waals surface area contributed by atoms with E-state index in [-0.39, 0.29) is 38.6 Å². The second-order valence-electron chi connectivity index (χ2n) is 10.5. The quantitative estimate of drug-likeness (QED) is 0.0770. The minimum atomic E-state index is -0.865. The van der Waals surface area contributed by atoms with Gasteiger partial charge >= 0.3 is 0 Å². The van der Waals surface area contributed by atoms with Crippen LogP contribution in [0.4, 0.5) is 0 Å². The van der Waals surface area contributed by atoms with Crippen molar-refractivity contribution in [3.63, 3.8) is 0 Å². The zero-order valence-electron chi connectivity index (χ0n) is 26.1. The number of ether oxygens (including phenoxy) is 2. The molecule has 0 unspecified atom stereocenters. The van der Waals surface area contributed by atoms with Crippen molar-refractivity contribution < 1.29 is 28.7 Å². The molecule has 1 aromatic heterocycles. The lowest BCUT2D eigenvalue weighted by Crippen LogP contribution is -2.51. The summed E-state index contributed by atoms with van der Waals surface area (Å²) in [7, 11) is 0. The number of nitrogens with zero attached hydrogens (tertiary/aromatic N) is 1. The molecule has 0 bridgehead atoms. The lowest BCUT2D eigenvalue weighted by Gasteiger charge is -2.18. The van der Waals surface area contributed by atoms with Gasteiger partial charge in [0.25, 0.3) is 0 Å². The van der Waals surface area contributed by atoms with Crippen molar-refractivity contribution in [3.05, 3.63) is 18.2 Å². The number of amides is 4. The topological polar surface area (TPSA) is 190 Å². The fourth-order valence-electron chi connectivity index (χ4n) is 4.31. The van der Waals surface area contributed by atoms with Crippen molar-refractivity contribution in [2.75, 3.05) is 52.6 Å². The lowest BCUT2D eigenvalue weighted by molar-refractivity contribution is -0.129. The summed E-state index contributed by atoms with van der Waals surface area (Å²) >= 11 is 0. The molecule has 1 aromatic rings. The highest BCUT2D eigenvalue weighted by Crippen LogP contribution is 2.11. The summed E-state index contributed by atoms with van der Waals surface area (Å²) in [6.45, 7) is 3.83. The van der Waals surface area contributed by atoms with E-state index in [1.807, 2.05) is 0 Å². The molecular weight excluding hydrogens is 554 g/mol. The van der Waals surface area contributed by atoms with Crippen LogP contribution in [0.1, 0.15) is 89.7 Å². The van der Waals surface area contributed by atoms with Crippen LogP contribution >= 0.6 is 0 Å². The first-order valence-corrected chi connectivity index (χ1v) is 15.9. The van der Waals surface area contributed by atoms with E-state index in [0.29, 0.717) is 38.5 Å². The molecule has 43 heavy (non-hydrogen) atoms. The van der Waals surface area contributed by atoms with Gasteiger partial charge in [0.05, 0.1) is 45.8 Å². The van der Waals surface area contributed by atoms with Crippen molar-refractivity contribution in [1.29, 1.82) is 0 Å². The molecule has 1 rings (SSSR count). The second kappa shape index (κ2) is 26.6. The number of aromatic nitrogens is 2. The summed E-state index contributed by atoms with van der Waals surface area (Å²) in [5.74, 6) is -1.31. The van der Waals surface area contributed by atoms with E-state index < -0.39 is 23.8 Å². The first-order valence-electron chi connectivity index (χ1n) is 15.9. The molecule has 0 saturated heterocycles. The van der Waals surface area contributed by atoms with E-state index in [2.05, 4.69) is 38.2 Å². The number of rotatable bonds is 28. The second-order valence-corrected chi connectivity index (χ2v) is 10.5. The van der Waals surface area contributed by atoms with Gasteiger partial charge in [-0.15, -0.1) is 0 Å². The Morgan fingerprint density at radius 2 is 1.40 bits per heavy atom. The summed E-state index contributed by atoms with van der Waals surface area (Å²) in [6, 6.07) is -0.865. The molecule has 246 valence electrons. The number of imidazole rings is 1. The van der Waals surface area contributed by atoms with Crippen LogP contribution in [-0.2, 0) is 35.1 Å². The van der Waals surface area contributed by atoms with E-state index >= 15 is 0 Å². The van der Waals surface area contributed by atoms with Crippen molar-refractivity contribution in [2.24, 2.45) is 5.73 Å². The molecule has 1 atom stereocenters. The average Bonchev–Trinajstić information content (AvgIpc) is 3.52. The summed E-state index contributed by atoms with van der Waals surface area (Å²) in [5, 5.41) is 10.6. The van der Waals surface area contributed by atoms with Crippen LogP contribution in [-0.4, -0.2) is 92.2 Å². The van der Waals surface area contributed by atoms with Gasteiger partial charge in [0, 0.05) is 37.8 Å². The summed E-state index contributed by atoms with van der Waals surface area (Å²) in [4.78, 5) is 54.9. The Labute approximate surface area is 256 Å². The maximum atomic E-state index is 12.7. The van der Waals surface area contributed by atoms with Crippen LogP contribution in [0.2, 0.25) is 0 Å². The molecule has 0 spiro atoms. The zero-order valence-corrected chi connectivity index (χ0v) is 26.1. The molecule has 1 heterocycles. The van der Waals surface area contributed by atoms with Crippen LogP contribution in [0.25, 0.3) is 0 Å². The molecule has 13 nitrogen and oxygen atoms in total. The number of hydrogen-bond donors (Lipinski definition) is 6. The van der Waals surface area contributed by atoms with Gasteiger partial charge in [-0.2, -0.15) is 0 Å². The Hall–Kier alpha value is -3.03. The molecule has 0 fully saturated rings. The van der Waals surface area contributed by atoms with Gasteiger partial charge in [-0.25, -0.2) is 4.98 Å². The fraction of sp³-hybridized carbons (Fsp3) is 0.767. The standard InChI is InChI=1S/C30H55N7O6/c1-2-3-4-5-6-7-8-9-10-11-12-13-27(38)33-14-16-42-18-19-43-17-15-34-30(41)26(20-25-22-32-24-36-25)37-29(40)23-35-28(39)21-31/h22,24,26H,2-21,23,31H2,1H3,(H,32,36)(H,33,38)(H,34,41)(H,35,39)(H,37,40)/t26-/m0/s1. The Morgan fingerprint density at radius 1 is 0.791 bits per heavy atom. The minimum absolute atomic E-state index is 0.0637. The number of unbranched alkanes of at least 4 members (excludes halogenated alkanes) is 10. The van der Waals surface area contributed by atoms with Crippen LogP contribution in [0.3, 0.4) is 0 Å². The molecule has 7 N–H and O–H groups in total. The molecule has 0 aliphatic heterocycles.